The summed E-state index contributed by atoms with van der Waals surface area (Å²) in [5, 5.41) is 1.17. The first kappa shape index (κ1) is 12.4. The molecule has 17 heavy (non-hydrogen) atoms. The molecule has 0 spiro atoms. The lowest BCUT2D eigenvalue weighted by Crippen LogP contribution is -1.97. The minimum Gasteiger partial charge on any atom is -0.326 e. The maximum absolute atomic E-state index is 6.22. The van der Waals surface area contributed by atoms with Gasteiger partial charge in [-0.25, -0.2) is 0 Å². The molecule has 0 aliphatic rings. The van der Waals surface area contributed by atoms with Gasteiger partial charge in [-0.3, -0.25) is 0 Å². The number of hydrogen-bond donors (Lipinski definition) is 1. The average Bonchev–Trinajstić information content (AvgIpc) is 2.33. The van der Waals surface area contributed by atoms with Crippen molar-refractivity contribution in [3.05, 3.63) is 57.6 Å². The van der Waals surface area contributed by atoms with Crippen molar-refractivity contribution in [2.75, 3.05) is 0 Å². The highest BCUT2D eigenvalue weighted by molar-refractivity contribution is 6.43. The Balaban J connectivity index is 2.57. The molecule has 0 fully saturated rings. The summed E-state index contributed by atoms with van der Waals surface area (Å²) >= 11 is 12.2. The van der Waals surface area contributed by atoms with Crippen molar-refractivity contribution in [1.82, 2.24) is 0 Å². The van der Waals surface area contributed by atoms with E-state index in [9.17, 15) is 0 Å². The molecule has 0 aliphatic carbocycles. The van der Waals surface area contributed by atoms with Crippen LogP contribution in [0.15, 0.2) is 36.4 Å². The van der Waals surface area contributed by atoms with Gasteiger partial charge in [-0.05, 0) is 29.7 Å². The molecule has 2 rings (SSSR count). The standard InChI is InChI=1S/C14H13Cl2N/c1-9-7-10(8-17)5-6-11(9)12-3-2-4-13(15)14(12)16/h2-7H,8,17H2,1H3. The lowest BCUT2D eigenvalue weighted by atomic mass is 9.98. The molecule has 1 nitrogen and oxygen atoms in total. The van der Waals surface area contributed by atoms with Gasteiger partial charge in [0.05, 0.1) is 10.0 Å². The fourth-order valence-corrected chi connectivity index (χ4v) is 2.27. The molecule has 0 radical (unpaired) electrons. The molecule has 0 amide bonds. The fraction of sp³-hybridized carbons (Fsp3) is 0.143. The second-order valence-electron chi connectivity index (χ2n) is 3.95. The summed E-state index contributed by atoms with van der Waals surface area (Å²) < 4.78 is 0. The third-order valence-corrected chi connectivity index (χ3v) is 3.59. The first-order valence-corrected chi connectivity index (χ1v) is 6.13. The van der Waals surface area contributed by atoms with Crippen molar-refractivity contribution in [3.63, 3.8) is 0 Å². The van der Waals surface area contributed by atoms with Crippen molar-refractivity contribution in [1.29, 1.82) is 0 Å². The van der Waals surface area contributed by atoms with E-state index in [0.29, 0.717) is 16.6 Å². The van der Waals surface area contributed by atoms with Gasteiger partial charge in [0.25, 0.3) is 0 Å². The minimum absolute atomic E-state index is 0.546. The van der Waals surface area contributed by atoms with E-state index in [4.69, 9.17) is 28.9 Å². The minimum atomic E-state index is 0.546. The molecule has 0 bridgehead atoms. The maximum Gasteiger partial charge on any atom is 0.0670 e. The molecule has 0 saturated heterocycles. The highest BCUT2D eigenvalue weighted by Crippen LogP contribution is 2.35. The van der Waals surface area contributed by atoms with E-state index >= 15 is 0 Å². The van der Waals surface area contributed by atoms with Gasteiger partial charge >= 0.3 is 0 Å². The molecule has 0 unspecified atom stereocenters. The van der Waals surface area contributed by atoms with Gasteiger partial charge in [-0.1, -0.05) is 53.5 Å². The Labute approximate surface area is 111 Å². The van der Waals surface area contributed by atoms with Gasteiger partial charge in [-0.15, -0.1) is 0 Å². The van der Waals surface area contributed by atoms with Crippen LogP contribution < -0.4 is 5.73 Å². The summed E-state index contributed by atoms with van der Waals surface area (Å²) in [6, 6.07) is 11.8. The van der Waals surface area contributed by atoms with Crippen LogP contribution in [-0.4, -0.2) is 0 Å². The van der Waals surface area contributed by atoms with E-state index in [1.807, 2.05) is 31.2 Å². The summed E-state index contributed by atoms with van der Waals surface area (Å²) in [4.78, 5) is 0. The molecule has 0 aliphatic heterocycles. The number of halogens is 2. The summed E-state index contributed by atoms with van der Waals surface area (Å²) in [7, 11) is 0. The first-order valence-electron chi connectivity index (χ1n) is 5.37. The van der Waals surface area contributed by atoms with E-state index < -0.39 is 0 Å². The van der Waals surface area contributed by atoms with Crippen LogP contribution in [0.4, 0.5) is 0 Å². The molecule has 3 heteroatoms. The molecule has 88 valence electrons. The van der Waals surface area contributed by atoms with Crippen LogP contribution in [0, 0.1) is 6.92 Å². The van der Waals surface area contributed by atoms with Gasteiger partial charge in [0.1, 0.15) is 0 Å². The molecule has 2 N–H and O–H groups in total. The van der Waals surface area contributed by atoms with E-state index in [2.05, 4.69) is 6.07 Å². The zero-order chi connectivity index (χ0) is 12.4. The maximum atomic E-state index is 6.22. The van der Waals surface area contributed by atoms with Gasteiger partial charge in [0, 0.05) is 12.1 Å². The third kappa shape index (κ3) is 2.47. The molecule has 0 heterocycles. The normalized spacial score (nSPS) is 10.6. The van der Waals surface area contributed by atoms with Gasteiger partial charge in [0.15, 0.2) is 0 Å². The smallest absolute Gasteiger partial charge is 0.0670 e. The number of aryl methyl sites for hydroxylation is 1. The summed E-state index contributed by atoms with van der Waals surface area (Å²) in [6.07, 6.45) is 0. The number of nitrogens with two attached hydrogens (primary N) is 1. The molecule has 0 atom stereocenters. The lowest BCUT2D eigenvalue weighted by molar-refractivity contribution is 1.07. The van der Waals surface area contributed by atoms with Crippen LogP contribution >= 0.6 is 23.2 Å². The van der Waals surface area contributed by atoms with Crippen LogP contribution in [0.5, 0.6) is 0 Å². The predicted molar refractivity (Wildman–Crippen MR) is 74.5 cm³/mol. The van der Waals surface area contributed by atoms with Gasteiger partial charge in [0.2, 0.25) is 0 Å². The Kier molecular flexibility index (Phi) is 3.72. The van der Waals surface area contributed by atoms with Crippen molar-refractivity contribution in [2.45, 2.75) is 13.5 Å². The van der Waals surface area contributed by atoms with Gasteiger partial charge < -0.3 is 5.73 Å². The largest absolute Gasteiger partial charge is 0.326 e. The Bertz CT molecular complexity index is 550. The molecule has 2 aromatic rings. The molecular formula is C14H13Cl2N. The van der Waals surface area contributed by atoms with E-state index in [-0.39, 0.29) is 0 Å². The summed E-state index contributed by atoms with van der Waals surface area (Å²) in [6.45, 7) is 2.59. The SMILES string of the molecule is Cc1cc(CN)ccc1-c1cccc(Cl)c1Cl. The highest BCUT2D eigenvalue weighted by Gasteiger charge is 2.09. The van der Waals surface area contributed by atoms with E-state index in [0.717, 1.165) is 22.3 Å². The first-order chi connectivity index (χ1) is 8.13. The lowest BCUT2D eigenvalue weighted by Gasteiger charge is -2.10. The van der Waals surface area contributed by atoms with Crippen molar-refractivity contribution >= 4 is 23.2 Å². The van der Waals surface area contributed by atoms with Crippen LogP contribution in [0.2, 0.25) is 10.0 Å². The molecule has 2 aromatic carbocycles. The quantitative estimate of drug-likeness (QED) is 0.855. The predicted octanol–water partition coefficient (Wildman–Crippen LogP) is 4.43. The second-order valence-corrected chi connectivity index (χ2v) is 4.74. The molecular weight excluding hydrogens is 253 g/mol. The van der Waals surface area contributed by atoms with Crippen LogP contribution in [0.1, 0.15) is 11.1 Å². The average molecular weight is 266 g/mol. The Hall–Kier alpha value is -1.02. The highest BCUT2D eigenvalue weighted by atomic mass is 35.5. The van der Waals surface area contributed by atoms with Crippen molar-refractivity contribution in [3.8, 4) is 11.1 Å². The van der Waals surface area contributed by atoms with Crippen molar-refractivity contribution in [2.24, 2.45) is 5.73 Å². The van der Waals surface area contributed by atoms with E-state index in [1.165, 1.54) is 0 Å². The molecule has 0 aromatic heterocycles. The topological polar surface area (TPSA) is 26.0 Å². The zero-order valence-corrected chi connectivity index (χ0v) is 11.0. The van der Waals surface area contributed by atoms with Gasteiger partial charge in [-0.2, -0.15) is 0 Å². The second kappa shape index (κ2) is 5.09. The third-order valence-electron chi connectivity index (χ3n) is 2.77. The number of rotatable bonds is 2. The fourth-order valence-electron chi connectivity index (χ4n) is 1.87. The van der Waals surface area contributed by atoms with E-state index in [1.54, 1.807) is 6.07 Å². The summed E-state index contributed by atoms with van der Waals surface area (Å²) in [5.41, 5.74) is 9.93. The van der Waals surface area contributed by atoms with Crippen molar-refractivity contribution < 1.29 is 0 Å². The molecule has 0 saturated carbocycles. The zero-order valence-electron chi connectivity index (χ0n) is 9.50. The number of hydrogen-bond acceptors (Lipinski definition) is 1. The summed E-state index contributed by atoms with van der Waals surface area (Å²) in [5.74, 6) is 0. The monoisotopic (exact) mass is 265 g/mol. The van der Waals surface area contributed by atoms with Crippen LogP contribution in [0.3, 0.4) is 0 Å². The Morgan fingerprint density at radius 2 is 1.82 bits per heavy atom. The Morgan fingerprint density at radius 3 is 2.47 bits per heavy atom. The number of benzene rings is 2. The van der Waals surface area contributed by atoms with Crippen LogP contribution in [0.25, 0.3) is 11.1 Å². The Morgan fingerprint density at radius 1 is 1.06 bits per heavy atom. The van der Waals surface area contributed by atoms with Crippen LogP contribution in [-0.2, 0) is 6.54 Å².